The molecule has 0 saturated carbocycles. The van der Waals surface area contributed by atoms with Gasteiger partial charge in [0.25, 0.3) is 11.8 Å². The summed E-state index contributed by atoms with van der Waals surface area (Å²) in [7, 11) is 1.61. The van der Waals surface area contributed by atoms with Crippen LogP contribution in [0.25, 0.3) is 22.8 Å². The summed E-state index contributed by atoms with van der Waals surface area (Å²) in [6.45, 7) is 1.37. The number of likely N-dealkylation sites (tertiary alicyclic amines) is 2. The molecule has 0 bridgehead atoms. The summed E-state index contributed by atoms with van der Waals surface area (Å²) in [4.78, 5) is 40.6. The fourth-order valence-electron chi connectivity index (χ4n) is 4.42. The van der Waals surface area contributed by atoms with Crippen LogP contribution in [0.1, 0.15) is 25.5 Å². The van der Waals surface area contributed by atoms with E-state index >= 15 is 0 Å². The molecule has 5 heterocycles. The molecule has 194 valence electrons. The highest BCUT2D eigenvalue weighted by Gasteiger charge is 2.48. The first-order valence-electron chi connectivity index (χ1n) is 11.7. The molecule has 3 aromatic heterocycles. The Kier molecular flexibility index (Phi) is 6.10. The van der Waals surface area contributed by atoms with E-state index in [1.165, 1.54) is 17.2 Å². The van der Waals surface area contributed by atoms with E-state index in [1.807, 2.05) is 0 Å². The molecule has 1 unspecified atom stereocenters. The topological polar surface area (TPSA) is 138 Å². The standard InChI is InChI=1S/C24H25F2N7O4/c1-14(20(34)33-11-7-23(25,26)13-33)28-22-27-9-6-17(30-22)15-4-3-5-16(29-15)18-12-19(37-31-18)24(36)8-10-32(2)21(24)35/h3-6,9,12,14,36H,7-8,10-11,13H2,1-2H3,(H,27,28,30)/t14?,24-/m1/s1. The fraction of sp³-hybridized carbons (Fsp3) is 0.417. The zero-order valence-electron chi connectivity index (χ0n) is 20.2. The number of carbonyl (C=O) groups is 2. The highest BCUT2D eigenvalue weighted by Crippen LogP contribution is 2.34. The minimum absolute atomic E-state index is 0.00147. The summed E-state index contributed by atoms with van der Waals surface area (Å²) < 4.78 is 32.3. The molecule has 2 fully saturated rings. The maximum Gasteiger partial charge on any atom is 0.267 e. The Labute approximate surface area is 210 Å². The van der Waals surface area contributed by atoms with Crippen LogP contribution in [0.2, 0.25) is 0 Å². The lowest BCUT2D eigenvalue weighted by Crippen LogP contribution is -2.41. The first-order valence-corrected chi connectivity index (χ1v) is 11.7. The van der Waals surface area contributed by atoms with Crippen molar-refractivity contribution >= 4 is 17.8 Å². The molecule has 5 rings (SSSR count). The lowest BCUT2D eigenvalue weighted by atomic mass is 9.98. The first-order chi connectivity index (χ1) is 17.6. The van der Waals surface area contributed by atoms with Crippen molar-refractivity contribution < 1.29 is 28.0 Å². The number of hydrogen-bond acceptors (Lipinski definition) is 9. The highest BCUT2D eigenvalue weighted by molar-refractivity contribution is 5.87. The Bertz CT molecular complexity index is 1350. The van der Waals surface area contributed by atoms with Gasteiger partial charge < -0.3 is 24.7 Å². The number of halogens is 2. The summed E-state index contributed by atoms with van der Waals surface area (Å²) in [5, 5.41) is 17.7. The number of nitrogens with zero attached hydrogens (tertiary/aromatic N) is 6. The van der Waals surface area contributed by atoms with Crippen LogP contribution in [-0.4, -0.2) is 85.5 Å². The number of carbonyl (C=O) groups excluding carboxylic acids is 2. The normalized spacial score (nSPS) is 21.9. The monoisotopic (exact) mass is 513 g/mol. The second kappa shape index (κ2) is 9.14. The first kappa shape index (κ1) is 24.7. The lowest BCUT2D eigenvalue weighted by molar-refractivity contribution is -0.144. The zero-order valence-corrected chi connectivity index (χ0v) is 20.2. The van der Waals surface area contributed by atoms with Gasteiger partial charge in [0.2, 0.25) is 17.5 Å². The number of alkyl halides is 2. The zero-order chi connectivity index (χ0) is 26.4. The van der Waals surface area contributed by atoms with Gasteiger partial charge in [-0.15, -0.1) is 0 Å². The largest absolute Gasteiger partial charge is 0.373 e. The smallest absolute Gasteiger partial charge is 0.267 e. The van der Waals surface area contributed by atoms with E-state index in [4.69, 9.17) is 4.52 Å². The van der Waals surface area contributed by atoms with Gasteiger partial charge >= 0.3 is 0 Å². The third-order valence-electron chi connectivity index (χ3n) is 6.55. The van der Waals surface area contributed by atoms with Crippen molar-refractivity contribution in [2.45, 2.75) is 37.3 Å². The number of hydrogen-bond donors (Lipinski definition) is 2. The Morgan fingerprint density at radius 1 is 1.14 bits per heavy atom. The molecule has 2 N–H and O–H groups in total. The van der Waals surface area contributed by atoms with Crippen molar-refractivity contribution in [1.82, 2.24) is 29.9 Å². The average Bonchev–Trinajstić information content (AvgIpc) is 3.59. The molecule has 13 heteroatoms. The molecule has 11 nitrogen and oxygen atoms in total. The lowest BCUT2D eigenvalue weighted by Gasteiger charge is -2.21. The van der Waals surface area contributed by atoms with Crippen LogP contribution in [-0.2, 0) is 15.2 Å². The number of likely N-dealkylation sites (N-methyl/N-ethyl adjacent to an activating group) is 1. The molecule has 2 aliphatic heterocycles. The molecule has 3 aromatic rings. The Balaban J connectivity index is 1.32. The maximum absolute atomic E-state index is 13.5. The summed E-state index contributed by atoms with van der Waals surface area (Å²) in [5.41, 5.74) is -0.0740. The molecule has 2 aliphatic rings. The minimum Gasteiger partial charge on any atom is -0.373 e. The van der Waals surface area contributed by atoms with Crippen molar-refractivity contribution in [3.8, 4) is 22.8 Å². The number of rotatable bonds is 6. The minimum atomic E-state index is -2.87. The summed E-state index contributed by atoms with van der Waals surface area (Å²) in [6.07, 6.45) is 1.34. The molecule has 37 heavy (non-hydrogen) atoms. The van der Waals surface area contributed by atoms with Gasteiger partial charge in [-0.2, -0.15) is 0 Å². The molecule has 0 aromatic carbocycles. The molecule has 2 saturated heterocycles. The number of pyridine rings is 1. The van der Waals surface area contributed by atoms with Gasteiger partial charge in [0.15, 0.2) is 5.76 Å². The summed E-state index contributed by atoms with van der Waals surface area (Å²) >= 11 is 0. The van der Waals surface area contributed by atoms with Crippen molar-refractivity contribution in [2.75, 3.05) is 32.0 Å². The average molecular weight is 514 g/mol. The summed E-state index contributed by atoms with van der Waals surface area (Å²) in [5.74, 6) is -3.59. The molecule has 0 radical (unpaired) electrons. The molecule has 2 amide bonds. The van der Waals surface area contributed by atoms with Crippen LogP contribution in [0.3, 0.4) is 0 Å². The third-order valence-corrected chi connectivity index (χ3v) is 6.55. The van der Waals surface area contributed by atoms with Crippen LogP contribution in [0.4, 0.5) is 14.7 Å². The van der Waals surface area contributed by atoms with Gasteiger partial charge in [-0.1, -0.05) is 11.2 Å². The fourth-order valence-corrected chi connectivity index (χ4v) is 4.42. The number of aliphatic hydroxyl groups is 1. The second-order valence-corrected chi connectivity index (χ2v) is 9.32. The van der Waals surface area contributed by atoms with Crippen LogP contribution in [0, 0.1) is 0 Å². The molecule has 2 atom stereocenters. The third kappa shape index (κ3) is 4.73. The maximum atomic E-state index is 13.5. The van der Waals surface area contributed by atoms with E-state index in [-0.39, 0.29) is 31.1 Å². The van der Waals surface area contributed by atoms with Crippen LogP contribution in [0.5, 0.6) is 0 Å². The highest BCUT2D eigenvalue weighted by atomic mass is 19.3. The SMILES string of the molecule is CC(Nc1nccc(-c2cccc(-c3cc([C@]4(O)CCN(C)C4=O)on3)n2)n1)C(=O)N1CCC(F)(F)C1. The van der Waals surface area contributed by atoms with E-state index in [2.05, 4.69) is 25.4 Å². The van der Waals surface area contributed by atoms with Crippen LogP contribution in [0.15, 0.2) is 41.1 Å². The van der Waals surface area contributed by atoms with E-state index in [0.717, 1.165) is 4.90 Å². The van der Waals surface area contributed by atoms with Gasteiger partial charge in [-0.3, -0.25) is 9.59 Å². The number of aromatic nitrogens is 4. The van der Waals surface area contributed by atoms with Crippen molar-refractivity contribution in [3.63, 3.8) is 0 Å². The molecule has 0 aliphatic carbocycles. The predicted octanol–water partition coefficient (Wildman–Crippen LogP) is 1.91. The Morgan fingerprint density at radius 3 is 2.54 bits per heavy atom. The van der Waals surface area contributed by atoms with E-state index in [9.17, 15) is 23.5 Å². The quantitative estimate of drug-likeness (QED) is 0.506. The molecular weight excluding hydrogens is 488 g/mol. The molecule has 0 spiro atoms. The van der Waals surface area contributed by atoms with E-state index < -0.39 is 35.9 Å². The summed E-state index contributed by atoms with van der Waals surface area (Å²) in [6, 6.07) is 7.48. The second-order valence-electron chi connectivity index (χ2n) is 9.32. The van der Waals surface area contributed by atoms with Gasteiger partial charge in [0.1, 0.15) is 11.7 Å². The number of amides is 2. The molecular formula is C24H25F2N7O4. The number of anilines is 1. The Morgan fingerprint density at radius 2 is 1.86 bits per heavy atom. The van der Waals surface area contributed by atoms with Gasteiger partial charge in [-0.05, 0) is 25.1 Å². The van der Waals surface area contributed by atoms with Gasteiger partial charge in [0.05, 0.1) is 23.6 Å². The van der Waals surface area contributed by atoms with Crippen molar-refractivity contribution in [1.29, 1.82) is 0 Å². The van der Waals surface area contributed by atoms with Gasteiger partial charge in [0, 0.05) is 45.2 Å². The number of nitrogens with one attached hydrogen (secondary N) is 1. The Hall–Kier alpha value is -4.00. The van der Waals surface area contributed by atoms with Crippen molar-refractivity contribution in [2.24, 2.45) is 0 Å². The van der Waals surface area contributed by atoms with Crippen LogP contribution < -0.4 is 5.32 Å². The van der Waals surface area contributed by atoms with Gasteiger partial charge in [-0.25, -0.2) is 23.7 Å². The van der Waals surface area contributed by atoms with Crippen LogP contribution >= 0.6 is 0 Å². The van der Waals surface area contributed by atoms with E-state index in [0.29, 0.717) is 29.3 Å². The van der Waals surface area contributed by atoms with E-state index in [1.54, 1.807) is 38.2 Å². The van der Waals surface area contributed by atoms with Crippen molar-refractivity contribution in [3.05, 3.63) is 42.3 Å². The predicted molar refractivity (Wildman–Crippen MR) is 126 cm³/mol.